The molecule has 2 heterocycles. The Morgan fingerprint density at radius 1 is 1.47 bits per heavy atom. The first kappa shape index (κ1) is 13.1. The highest BCUT2D eigenvalue weighted by atomic mass is 32.1. The first-order chi connectivity index (χ1) is 7.80. The van der Waals surface area contributed by atoms with Gasteiger partial charge in [-0.05, 0) is 0 Å². The van der Waals surface area contributed by atoms with E-state index in [0.29, 0.717) is 5.65 Å². The maximum atomic E-state index is 10.7. The summed E-state index contributed by atoms with van der Waals surface area (Å²) in [4.78, 5) is 29.7. The number of aromatic amines is 1. The van der Waals surface area contributed by atoms with Crippen LogP contribution in [-0.4, -0.2) is 32.2 Å². The number of fused-ring (bicyclic) bond motifs is 1. The molecule has 0 amide bonds. The summed E-state index contributed by atoms with van der Waals surface area (Å²) in [5.41, 5.74) is 0.616. The van der Waals surface area contributed by atoms with Gasteiger partial charge >= 0.3 is 17.0 Å². The molecule has 0 aliphatic carbocycles. The Morgan fingerprint density at radius 2 is 2.06 bits per heavy atom. The molecule has 2 aromatic rings. The minimum atomic E-state index is -5.08. The zero-order chi connectivity index (χ0) is 13.1. The van der Waals surface area contributed by atoms with Gasteiger partial charge in [-0.25, -0.2) is 14.8 Å². The van der Waals surface area contributed by atoms with Crippen molar-refractivity contribution < 1.29 is 23.1 Å². The zero-order valence-electron chi connectivity index (χ0n) is 7.85. The molecule has 0 spiro atoms. The topological polar surface area (TPSA) is 95.9 Å². The van der Waals surface area contributed by atoms with Crippen molar-refractivity contribution in [2.24, 2.45) is 0 Å². The van der Waals surface area contributed by atoms with Crippen molar-refractivity contribution in [1.82, 2.24) is 15.0 Å². The number of thiazole rings is 1. The molecule has 0 aliphatic rings. The lowest BCUT2D eigenvalue weighted by molar-refractivity contribution is -0.192. The Labute approximate surface area is 94.8 Å². The predicted octanol–water partition coefficient (Wildman–Crippen LogP) is 1.01. The van der Waals surface area contributed by atoms with Crippen LogP contribution in [0, 0.1) is 0 Å². The molecular weight excluding hydrogens is 263 g/mol. The predicted molar refractivity (Wildman–Crippen MR) is 51.7 cm³/mol. The van der Waals surface area contributed by atoms with Gasteiger partial charge in [0.15, 0.2) is 5.65 Å². The molecule has 2 N–H and O–H groups in total. The normalized spacial score (nSPS) is 10.8. The maximum absolute atomic E-state index is 10.7. The third-order valence-electron chi connectivity index (χ3n) is 1.34. The van der Waals surface area contributed by atoms with Crippen molar-refractivity contribution >= 4 is 27.7 Å². The quantitative estimate of drug-likeness (QED) is 0.742. The minimum Gasteiger partial charge on any atom is -0.475 e. The molecule has 0 saturated carbocycles. The third kappa shape index (κ3) is 3.83. The highest BCUT2D eigenvalue weighted by Crippen LogP contribution is 2.13. The van der Waals surface area contributed by atoms with Crippen molar-refractivity contribution in [2.45, 2.75) is 6.18 Å². The lowest BCUT2D eigenvalue weighted by atomic mass is 10.6. The van der Waals surface area contributed by atoms with Gasteiger partial charge in [0.2, 0.25) is 0 Å². The highest BCUT2D eigenvalue weighted by molar-refractivity contribution is 7.16. The van der Waals surface area contributed by atoms with Crippen molar-refractivity contribution in [1.29, 1.82) is 0 Å². The van der Waals surface area contributed by atoms with E-state index in [1.165, 1.54) is 6.33 Å². The fourth-order valence-electron chi connectivity index (χ4n) is 0.707. The average molecular weight is 267 g/mol. The van der Waals surface area contributed by atoms with E-state index in [1.807, 2.05) is 0 Å². The summed E-state index contributed by atoms with van der Waals surface area (Å²) in [7, 11) is 0. The van der Waals surface area contributed by atoms with Crippen LogP contribution in [0.4, 0.5) is 13.2 Å². The largest absolute Gasteiger partial charge is 0.490 e. The Morgan fingerprint density at radius 3 is 2.53 bits per heavy atom. The van der Waals surface area contributed by atoms with Crippen LogP contribution in [0.25, 0.3) is 10.3 Å². The Hall–Kier alpha value is -1.97. The first-order valence-corrected chi connectivity index (χ1v) is 4.71. The van der Waals surface area contributed by atoms with Gasteiger partial charge in [-0.15, -0.1) is 0 Å². The summed E-state index contributed by atoms with van der Waals surface area (Å²) < 4.78 is 32.5. The molecule has 0 aliphatic heterocycles. The van der Waals surface area contributed by atoms with E-state index in [4.69, 9.17) is 9.90 Å². The van der Waals surface area contributed by atoms with E-state index >= 15 is 0 Å². The van der Waals surface area contributed by atoms with Gasteiger partial charge in [0.05, 0.1) is 4.70 Å². The van der Waals surface area contributed by atoms with E-state index in [0.717, 1.165) is 16.0 Å². The van der Waals surface area contributed by atoms with E-state index in [-0.39, 0.29) is 4.87 Å². The maximum Gasteiger partial charge on any atom is 0.490 e. The van der Waals surface area contributed by atoms with Crippen molar-refractivity contribution in [3.05, 3.63) is 22.2 Å². The average Bonchev–Trinajstić information content (AvgIpc) is 2.57. The SMILES string of the molecule is O=C(O)C(F)(F)F.O=c1[nH]c2ncncc2s1. The second-order valence-corrected chi connectivity index (χ2v) is 3.57. The number of hydrogen-bond donors (Lipinski definition) is 2. The molecule has 0 aromatic carbocycles. The van der Waals surface area contributed by atoms with Crippen LogP contribution in [0.1, 0.15) is 0 Å². The second-order valence-electron chi connectivity index (χ2n) is 2.55. The first-order valence-electron chi connectivity index (χ1n) is 3.89. The van der Waals surface area contributed by atoms with Crippen molar-refractivity contribution in [3.8, 4) is 0 Å². The van der Waals surface area contributed by atoms with Crippen LogP contribution >= 0.6 is 11.3 Å². The molecule has 0 fully saturated rings. The number of hydrogen-bond acceptors (Lipinski definition) is 5. The molecule has 0 unspecified atom stereocenters. The van der Waals surface area contributed by atoms with E-state index in [9.17, 15) is 18.0 Å². The molecule has 0 atom stereocenters. The zero-order valence-corrected chi connectivity index (χ0v) is 8.67. The molecule has 0 saturated heterocycles. The van der Waals surface area contributed by atoms with Gasteiger partial charge in [-0.1, -0.05) is 11.3 Å². The van der Waals surface area contributed by atoms with Crippen LogP contribution in [0.15, 0.2) is 17.3 Å². The number of aromatic nitrogens is 3. The van der Waals surface area contributed by atoms with Crippen LogP contribution in [0.5, 0.6) is 0 Å². The molecular formula is C7H4F3N3O3S. The number of carbonyl (C=O) groups is 1. The number of aliphatic carboxylic acids is 1. The van der Waals surface area contributed by atoms with E-state index in [1.54, 1.807) is 6.20 Å². The Bertz CT molecular complexity index is 540. The number of nitrogens with one attached hydrogen (secondary N) is 1. The molecule has 17 heavy (non-hydrogen) atoms. The molecule has 2 aromatic heterocycles. The van der Waals surface area contributed by atoms with Gasteiger partial charge in [0.1, 0.15) is 6.33 Å². The summed E-state index contributed by atoms with van der Waals surface area (Å²) in [6.07, 6.45) is -2.06. The minimum absolute atomic E-state index is 0.0875. The van der Waals surface area contributed by atoms with Gasteiger partial charge in [0.25, 0.3) is 0 Å². The van der Waals surface area contributed by atoms with Gasteiger partial charge < -0.3 is 5.11 Å². The van der Waals surface area contributed by atoms with Crippen molar-refractivity contribution in [3.63, 3.8) is 0 Å². The second kappa shape index (κ2) is 4.91. The molecule has 0 bridgehead atoms. The molecule has 92 valence electrons. The summed E-state index contributed by atoms with van der Waals surface area (Å²) in [5, 5.41) is 7.12. The lowest BCUT2D eigenvalue weighted by Crippen LogP contribution is -2.21. The molecule has 0 radical (unpaired) electrons. The number of carboxylic acids is 1. The van der Waals surface area contributed by atoms with Gasteiger partial charge in [-0.2, -0.15) is 13.2 Å². The Balaban J connectivity index is 0.000000185. The number of rotatable bonds is 0. The smallest absolute Gasteiger partial charge is 0.475 e. The van der Waals surface area contributed by atoms with Crippen LogP contribution < -0.4 is 4.87 Å². The fraction of sp³-hybridized carbons (Fsp3) is 0.143. The molecule has 2 rings (SSSR count). The molecule has 6 nitrogen and oxygen atoms in total. The van der Waals surface area contributed by atoms with E-state index < -0.39 is 12.1 Å². The summed E-state index contributed by atoms with van der Waals surface area (Å²) in [6.45, 7) is 0. The standard InChI is InChI=1S/C5H3N3OS.C2HF3O2/c9-5-8-4-3(10-5)1-6-2-7-4;3-2(4,5)1(6)7/h1-2H,(H,6,7,8,9);(H,6,7). The van der Waals surface area contributed by atoms with Crippen molar-refractivity contribution in [2.75, 3.05) is 0 Å². The number of carboxylic acid groups (broad SMARTS) is 1. The summed E-state index contributed by atoms with van der Waals surface area (Å²) in [5.74, 6) is -2.76. The van der Waals surface area contributed by atoms with E-state index in [2.05, 4.69) is 15.0 Å². The van der Waals surface area contributed by atoms with Crippen LogP contribution in [-0.2, 0) is 4.79 Å². The highest BCUT2D eigenvalue weighted by Gasteiger charge is 2.38. The number of nitrogens with zero attached hydrogens (tertiary/aromatic N) is 2. The summed E-state index contributed by atoms with van der Waals surface area (Å²) >= 11 is 1.12. The molecule has 10 heteroatoms. The van der Waals surface area contributed by atoms with Crippen LogP contribution in [0.2, 0.25) is 0 Å². The van der Waals surface area contributed by atoms with Crippen LogP contribution in [0.3, 0.4) is 0 Å². The number of H-pyrrole nitrogens is 1. The van der Waals surface area contributed by atoms with Gasteiger partial charge in [-0.3, -0.25) is 9.78 Å². The summed E-state index contributed by atoms with van der Waals surface area (Å²) in [6, 6.07) is 0. The monoisotopic (exact) mass is 267 g/mol. The van der Waals surface area contributed by atoms with Gasteiger partial charge in [0, 0.05) is 6.20 Å². The third-order valence-corrected chi connectivity index (χ3v) is 2.15. The fourth-order valence-corrected chi connectivity index (χ4v) is 1.37. The number of alkyl halides is 3. The number of halogens is 3. The Kier molecular flexibility index (Phi) is 3.78. The lowest BCUT2D eigenvalue weighted by Gasteiger charge is -1.93.